The normalized spacial score (nSPS) is 18.2. The molecule has 2 aromatic heterocycles. The van der Waals surface area contributed by atoms with Gasteiger partial charge in [-0.3, -0.25) is 9.78 Å². The van der Waals surface area contributed by atoms with Crippen LogP contribution in [-0.2, 0) is 6.42 Å². The zero-order valence-corrected chi connectivity index (χ0v) is 17.9. The second-order valence-corrected chi connectivity index (χ2v) is 8.48. The van der Waals surface area contributed by atoms with Crippen molar-refractivity contribution in [3.8, 4) is 5.75 Å². The molecule has 164 valence electrons. The maximum absolute atomic E-state index is 13.0. The van der Waals surface area contributed by atoms with Crippen LogP contribution < -0.4 is 10.1 Å². The van der Waals surface area contributed by atoms with Crippen molar-refractivity contribution < 1.29 is 13.9 Å². The van der Waals surface area contributed by atoms with Gasteiger partial charge in [0.1, 0.15) is 23.5 Å². The molecule has 5 rings (SSSR count). The molecule has 0 unspecified atom stereocenters. The molecule has 1 fully saturated rings. The standard InChI is InChI=1S/C25H25FN4O2/c1-16-12-19-13-18(2-6-23(19)32-16)25(31)30-10-8-17(9-11-30)22-5-4-21(15-27-22)29-24-7-3-20(26)14-28-24/h2-7,13-17H,8-12H2,1H3,(H,28,29)/t16-/m1/s1. The molecule has 1 saturated heterocycles. The van der Waals surface area contributed by atoms with Crippen molar-refractivity contribution in [2.24, 2.45) is 0 Å². The summed E-state index contributed by atoms with van der Waals surface area (Å²) in [6, 6.07) is 12.7. The number of carbonyl (C=O) groups excluding carboxylic acids is 1. The van der Waals surface area contributed by atoms with Gasteiger partial charge in [-0.05, 0) is 67.8 Å². The highest BCUT2D eigenvalue weighted by molar-refractivity contribution is 5.94. The molecule has 1 N–H and O–H groups in total. The number of amides is 1. The number of anilines is 2. The topological polar surface area (TPSA) is 67.4 Å². The molecule has 4 heterocycles. The predicted molar refractivity (Wildman–Crippen MR) is 120 cm³/mol. The minimum atomic E-state index is -0.367. The zero-order valence-electron chi connectivity index (χ0n) is 17.9. The largest absolute Gasteiger partial charge is 0.490 e. The molecule has 32 heavy (non-hydrogen) atoms. The van der Waals surface area contributed by atoms with Gasteiger partial charge in [-0.1, -0.05) is 0 Å². The van der Waals surface area contributed by atoms with E-state index in [0.717, 1.165) is 47.5 Å². The number of halogens is 1. The monoisotopic (exact) mass is 432 g/mol. The predicted octanol–water partition coefficient (Wildman–Crippen LogP) is 4.70. The summed E-state index contributed by atoms with van der Waals surface area (Å²) < 4.78 is 18.7. The molecule has 7 heteroatoms. The third-order valence-electron chi connectivity index (χ3n) is 6.13. The van der Waals surface area contributed by atoms with E-state index in [1.807, 2.05) is 42.2 Å². The molecule has 3 aromatic rings. The number of benzene rings is 1. The van der Waals surface area contributed by atoms with Crippen LogP contribution in [0.4, 0.5) is 15.9 Å². The Balaban J connectivity index is 1.18. The molecule has 1 amide bonds. The maximum atomic E-state index is 13.0. The summed E-state index contributed by atoms with van der Waals surface area (Å²) in [6.45, 7) is 3.48. The average Bonchev–Trinajstić information content (AvgIpc) is 3.20. The van der Waals surface area contributed by atoms with E-state index in [9.17, 15) is 9.18 Å². The third kappa shape index (κ3) is 4.28. The number of aromatic nitrogens is 2. The number of piperidine rings is 1. The Kier molecular flexibility index (Phi) is 5.47. The number of pyridine rings is 2. The Labute approximate surface area is 186 Å². The van der Waals surface area contributed by atoms with Crippen molar-refractivity contribution >= 4 is 17.4 Å². The van der Waals surface area contributed by atoms with Crippen LogP contribution in [0.3, 0.4) is 0 Å². The number of fused-ring (bicyclic) bond motifs is 1. The number of hydrogen-bond acceptors (Lipinski definition) is 5. The van der Waals surface area contributed by atoms with Gasteiger partial charge in [0, 0.05) is 36.7 Å². The Morgan fingerprint density at radius 2 is 1.94 bits per heavy atom. The smallest absolute Gasteiger partial charge is 0.253 e. The fraction of sp³-hybridized carbons (Fsp3) is 0.320. The van der Waals surface area contributed by atoms with Crippen LogP contribution in [0, 0.1) is 5.82 Å². The third-order valence-corrected chi connectivity index (χ3v) is 6.13. The lowest BCUT2D eigenvalue weighted by atomic mass is 9.92. The molecule has 2 aliphatic heterocycles. The van der Waals surface area contributed by atoms with E-state index in [1.54, 1.807) is 12.3 Å². The van der Waals surface area contributed by atoms with Gasteiger partial charge >= 0.3 is 0 Å². The Bertz CT molecular complexity index is 1110. The number of nitrogens with one attached hydrogen (secondary N) is 1. The molecular weight excluding hydrogens is 407 g/mol. The molecule has 0 saturated carbocycles. The summed E-state index contributed by atoms with van der Waals surface area (Å²) in [5, 5.41) is 3.12. The van der Waals surface area contributed by atoms with E-state index in [-0.39, 0.29) is 17.8 Å². The quantitative estimate of drug-likeness (QED) is 0.647. The molecule has 0 aliphatic carbocycles. The number of nitrogens with zero attached hydrogens (tertiary/aromatic N) is 3. The number of hydrogen-bond donors (Lipinski definition) is 1. The van der Waals surface area contributed by atoms with Crippen molar-refractivity contribution in [3.05, 3.63) is 77.5 Å². The van der Waals surface area contributed by atoms with Gasteiger partial charge in [0.25, 0.3) is 5.91 Å². The van der Waals surface area contributed by atoms with Crippen molar-refractivity contribution in [1.29, 1.82) is 0 Å². The van der Waals surface area contributed by atoms with Crippen molar-refractivity contribution in [1.82, 2.24) is 14.9 Å². The summed E-state index contributed by atoms with van der Waals surface area (Å²) in [4.78, 5) is 23.5. The van der Waals surface area contributed by atoms with E-state index in [2.05, 4.69) is 15.3 Å². The highest BCUT2D eigenvalue weighted by Gasteiger charge is 2.27. The Morgan fingerprint density at radius 3 is 2.66 bits per heavy atom. The number of likely N-dealkylation sites (tertiary alicyclic amines) is 1. The van der Waals surface area contributed by atoms with Gasteiger partial charge in [-0.2, -0.15) is 0 Å². The SMILES string of the molecule is C[C@@H]1Cc2cc(C(=O)N3CCC(c4ccc(Nc5ccc(F)cn5)cn4)CC3)ccc2O1. The minimum absolute atomic E-state index is 0.0881. The van der Waals surface area contributed by atoms with Gasteiger partial charge in [-0.15, -0.1) is 0 Å². The molecule has 1 atom stereocenters. The van der Waals surface area contributed by atoms with E-state index in [1.165, 1.54) is 12.3 Å². The summed E-state index contributed by atoms with van der Waals surface area (Å²) in [5.41, 5.74) is 3.68. The molecule has 1 aromatic carbocycles. The van der Waals surface area contributed by atoms with Crippen LogP contribution in [0.15, 0.2) is 54.9 Å². The van der Waals surface area contributed by atoms with Crippen LogP contribution in [0.1, 0.15) is 47.3 Å². The van der Waals surface area contributed by atoms with E-state index < -0.39 is 0 Å². The molecule has 0 bridgehead atoms. The Hall–Kier alpha value is -3.48. The lowest BCUT2D eigenvalue weighted by molar-refractivity contribution is 0.0712. The summed E-state index contributed by atoms with van der Waals surface area (Å²) in [6.07, 6.45) is 5.74. The fourth-order valence-corrected chi connectivity index (χ4v) is 4.43. The molecular formula is C25H25FN4O2. The fourth-order valence-electron chi connectivity index (χ4n) is 4.43. The van der Waals surface area contributed by atoms with Gasteiger partial charge < -0.3 is 15.0 Å². The highest BCUT2D eigenvalue weighted by atomic mass is 19.1. The molecule has 2 aliphatic rings. The first-order valence-electron chi connectivity index (χ1n) is 11.0. The van der Waals surface area contributed by atoms with Crippen molar-refractivity contribution in [3.63, 3.8) is 0 Å². The zero-order chi connectivity index (χ0) is 22.1. The lowest BCUT2D eigenvalue weighted by Gasteiger charge is -2.32. The first-order valence-corrected chi connectivity index (χ1v) is 11.0. The van der Waals surface area contributed by atoms with Crippen molar-refractivity contribution in [2.45, 2.75) is 38.2 Å². The van der Waals surface area contributed by atoms with Crippen LogP contribution in [0.5, 0.6) is 5.75 Å². The van der Waals surface area contributed by atoms with E-state index in [0.29, 0.717) is 24.8 Å². The first kappa shape index (κ1) is 20.4. The summed E-state index contributed by atoms with van der Waals surface area (Å²) in [5.74, 6) is 1.51. The Morgan fingerprint density at radius 1 is 1.09 bits per heavy atom. The molecule has 0 radical (unpaired) electrons. The second kappa shape index (κ2) is 8.57. The van der Waals surface area contributed by atoms with Gasteiger partial charge in [0.15, 0.2) is 0 Å². The van der Waals surface area contributed by atoms with Crippen molar-refractivity contribution in [2.75, 3.05) is 18.4 Å². The van der Waals surface area contributed by atoms with E-state index >= 15 is 0 Å². The molecule has 0 spiro atoms. The van der Waals surface area contributed by atoms with Gasteiger partial charge in [0.05, 0.1) is 18.1 Å². The van der Waals surface area contributed by atoms with Crippen LogP contribution in [0.25, 0.3) is 0 Å². The maximum Gasteiger partial charge on any atom is 0.253 e. The second-order valence-electron chi connectivity index (χ2n) is 8.48. The van der Waals surface area contributed by atoms with Gasteiger partial charge in [-0.25, -0.2) is 9.37 Å². The summed E-state index contributed by atoms with van der Waals surface area (Å²) in [7, 11) is 0. The number of rotatable bonds is 4. The summed E-state index contributed by atoms with van der Waals surface area (Å²) >= 11 is 0. The highest BCUT2D eigenvalue weighted by Crippen LogP contribution is 2.31. The molecule has 6 nitrogen and oxygen atoms in total. The lowest BCUT2D eigenvalue weighted by Crippen LogP contribution is -2.38. The van der Waals surface area contributed by atoms with Gasteiger partial charge in [0.2, 0.25) is 0 Å². The average molecular weight is 432 g/mol. The van der Waals surface area contributed by atoms with Crippen LogP contribution >= 0.6 is 0 Å². The minimum Gasteiger partial charge on any atom is -0.490 e. The number of carbonyl (C=O) groups is 1. The van der Waals surface area contributed by atoms with E-state index in [4.69, 9.17) is 4.74 Å². The van der Waals surface area contributed by atoms with Crippen LogP contribution in [-0.4, -0.2) is 40.0 Å². The number of ether oxygens (including phenoxy) is 1. The van der Waals surface area contributed by atoms with Crippen LogP contribution in [0.2, 0.25) is 0 Å². The first-order chi connectivity index (χ1) is 15.5.